The maximum atomic E-state index is 11.8. The maximum absolute atomic E-state index is 11.8. The van der Waals surface area contributed by atoms with E-state index in [9.17, 15) is 4.79 Å². The third kappa shape index (κ3) is 1.57. The van der Waals surface area contributed by atoms with Crippen molar-refractivity contribution in [3.8, 4) is 5.75 Å². The molecule has 1 aromatic carbocycles. The molecule has 1 spiro atoms. The molecule has 3 nitrogen and oxygen atoms in total. The van der Waals surface area contributed by atoms with Crippen LogP contribution in [-0.4, -0.2) is 19.0 Å². The van der Waals surface area contributed by atoms with E-state index in [4.69, 9.17) is 9.47 Å². The molecule has 17 heavy (non-hydrogen) atoms. The Kier molecular flexibility index (Phi) is 2.44. The summed E-state index contributed by atoms with van der Waals surface area (Å²) in [6, 6.07) is 7.90. The Morgan fingerprint density at radius 2 is 2.18 bits per heavy atom. The first-order valence-corrected chi connectivity index (χ1v) is 6.10. The van der Waals surface area contributed by atoms with Gasteiger partial charge in [0, 0.05) is 24.3 Å². The number of ether oxygens (including phenoxy) is 2. The molecule has 1 aromatic rings. The molecule has 1 saturated heterocycles. The van der Waals surface area contributed by atoms with Crippen molar-refractivity contribution in [1.82, 2.24) is 0 Å². The van der Waals surface area contributed by atoms with Crippen molar-refractivity contribution in [2.45, 2.75) is 25.4 Å². The van der Waals surface area contributed by atoms with Gasteiger partial charge in [-0.05, 0) is 6.07 Å². The van der Waals surface area contributed by atoms with Gasteiger partial charge in [-0.1, -0.05) is 25.1 Å². The molecule has 3 rings (SSSR count). The van der Waals surface area contributed by atoms with Crippen LogP contribution in [0.5, 0.6) is 5.75 Å². The lowest BCUT2D eigenvalue weighted by Gasteiger charge is -2.45. The Morgan fingerprint density at radius 3 is 3.00 bits per heavy atom. The molecular weight excluding hydrogens is 216 g/mol. The summed E-state index contributed by atoms with van der Waals surface area (Å²) in [4.78, 5) is 11.8. The second kappa shape index (κ2) is 3.84. The number of hydrogen-bond acceptors (Lipinski definition) is 3. The highest BCUT2D eigenvalue weighted by atomic mass is 16.5. The zero-order valence-corrected chi connectivity index (χ0v) is 9.94. The number of para-hydroxylation sites is 1. The Labute approximate surface area is 101 Å². The number of benzene rings is 1. The lowest BCUT2D eigenvalue weighted by atomic mass is 9.75. The highest BCUT2D eigenvalue weighted by molar-refractivity contribution is 5.81. The van der Waals surface area contributed by atoms with Gasteiger partial charge in [0.2, 0.25) is 0 Å². The van der Waals surface area contributed by atoms with E-state index < -0.39 is 5.60 Å². The molecule has 0 saturated carbocycles. The number of carbonyl (C=O) groups excluding carboxylic acids is 1. The first-order valence-electron chi connectivity index (χ1n) is 6.10. The van der Waals surface area contributed by atoms with Crippen LogP contribution in [-0.2, 0) is 15.1 Å². The molecule has 0 aliphatic carbocycles. The molecule has 0 aromatic heterocycles. The van der Waals surface area contributed by atoms with Crippen molar-refractivity contribution in [2.75, 3.05) is 13.2 Å². The molecule has 0 N–H and O–H groups in total. The van der Waals surface area contributed by atoms with Crippen LogP contribution >= 0.6 is 0 Å². The third-order valence-electron chi connectivity index (χ3n) is 3.83. The smallest absolute Gasteiger partial charge is 0.138 e. The lowest BCUT2D eigenvalue weighted by molar-refractivity contribution is -0.158. The van der Waals surface area contributed by atoms with Crippen LogP contribution < -0.4 is 4.74 Å². The summed E-state index contributed by atoms with van der Waals surface area (Å²) in [6.07, 6.45) is 1.02. The van der Waals surface area contributed by atoms with E-state index in [1.807, 2.05) is 24.3 Å². The van der Waals surface area contributed by atoms with Gasteiger partial charge in [0.05, 0.1) is 13.2 Å². The van der Waals surface area contributed by atoms with Gasteiger partial charge in [0.1, 0.15) is 17.1 Å². The molecule has 0 bridgehead atoms. The van der Waals surface area contributed by atoms with Crippen molar-refractivity contribution >= 4 is 5.78 Å². The van der Waals surface area contributed by atoms with Crippen LogP contribution in [0.3, 0.4) is 0 Å². The average Bonchev–Trinajstić information content (AvgIpc) is 2.35. The van der Waals surface area contributed by atoms with Crippen molar-refractivity contribution in [3.05, 3.63) is 29.8 Å². The zero-order valence-electron chi connectivity index (χ0n) is 9.94. The molecule has 3 heteroatoms. The fraction of sp³-hybridized carbons (Fsp3) is 0.500. The lowest BCUT2D eigenvalue weighted by Crippen LogP contribution is -2.47. The standard InChI is InChI=1S/C14H16O3/c1-10-9-16-13-5-3-2-4-12(13)14(10)8-11(15)6-7-17-14/h2-5,10H,6-9H2,1H3. The van der Waals surface area contributed by atoms with Crippen LogP contribution in [0.25, 0.3) is 0 Å². The van der Waals surface area contributed by atoms with Crippen molar-refractivity contribution in [3.63, 3.8) is 0 Å². The predicted octanol–water partition coefficient (Wildman–Crippen LogP) is 2.29. The number of carbonyl (C=O) groups is 1. The third-order valence-corrected chi connectivity index (χ3v) is 3.83. The van der Waals surface area contributed by atoms with E-state index in [1.54, 1.807) is 0 Å². The Hall–Kier alpha value is -1.35. The summed E-state index contributed by atoms with van der Waals surface area (Å²) in [6.45, 7) is 3.23. The highest BCUT2D eigenvalue weighted by Gasteiger charge is 2.47. The van der Waals surface area contributed by atoms with Crippen LogP contribution in [0.1, 0.15) is 25.3 Å². The van der Waals surface area contributed by atoms with Crippen LogP contribution in [0.4, 0.5) is 0 Å². The second-order valence-electron chi connectivity index (χ2n) is 4.91. The summed E-state index contributed by atoms with van der Waals surface area (Å²) in [5, 5.41) is 0. The molecular formula is C14H16O3. The predicted molar refractivity (Wildman–Crippen MR) is 63.0 cm³/mol. The molecule has 0 amide bonds. The SMILES string of the molecule is CC1COc2ccccc2C12CC(=O)CCO2. The van der Waals surface area contributed by atoms with Crippen molar-refractivity contribution in [1.29, 1.82) is 0 Å². The van der Waals surface area contributed by atoms with Crippen LogP contribution in [0.15, 0.2) is 24.3 Å². The number of Topliss-reactive ketones (excluding diaryl/α,β-unsaturated/α-hetero) is 1. The van der Waals surface area contributed by atoms with E-state index >= 15 is 0 Å². The van der Waals surface area contributed by atoms with Gasteiger partial charge >= 0.3 is 0 Å². The molecule has 2 aliphatic rings. The van der Waals surface area contributed by atoms with Gasteiger partial charge in [-0.25, -0.2) is 0 Å². The number of fused-ring (bicyclic) bond motifs is 2. The average molecular weight is 232 g/mol. The van der Waals surface area contributed by atoms with Gasteiger partial charge in [0.15, 0.2) is 0 Å². The molecule has 90 valence electrons. The normalized spacial score (nSPS) is 32.1. The summed E-state index contributed by atoms with van der Waals surface area (Å²) < 4.78 is 11.7. The number of rotatable bonds is 0. The number of hydrogen-bond donors (Lipinski definition) is 0. The Balaban J connectivity index is 2.10. The molecule has 1 fully saturated rings. The van der Waals surface area contributed by atoms with E-state index in [0.717, 1.165) is 11.3 Å². The zero-order chi connectivity index (χ0) is 11.9. The van der Waals surface area contributed by atoms with E-state index in [1.165, 1.54) is 0 Å². The summed E-state index contributed by atoms with van der Waals surface area (Å²) in [7, 11) is 0. The minimum atomic E-state index is -0.454. The van der Waals surface area contributed by atoms with E-state index in [-0.39, 0.29) is 5.92 Å². The van der Waals surface area contributed by atoms with Crippen molar-refractivity contribution in [2.24, 2.45) is 5.92 Å². The molecule has 2 atom stereocenters. The highest BCUT2D eigenvalue weighted by Crippen LogP contribution is 2.47. The van der Waals surface area contributed by atoms with E-state index in [2.05, 4.69) is 6.92 Å². The molecule has 0 radical (unpaired) electrons. The van der Waals surface area contributed by atoms with Gasteiger partial charge < -0.3 is 9.47 Å². The van der Waals surface area contributed by atoms with Crippen molar-refractivity contribution < 1.29 is 14.3 Å². The quantitative estimate of drug-likeness (QED) is 0.688. The van der Waals surface area contributed by atoms with Gasteiger partial charge in [-0.2, -0.15) is 0 Å². The van der Waals surface area contributed by atoms with Gasteiger partial charge in [-0.15, -0.1) is 0 Å². The fourth-order valence-electron chi connectivity index (χ4n) is 2.83. The Morgan fingerprint density at radius 1 is 1.35 bits per heavy atom. The largest absolute Gasteiger partial charge is 0.493 e. The van der Waals surface area contributed by atoms with E-state index in [0.29, 0.717) is 31.8 Å². The second-order valence-corrected chi connectivity index (χ2v) is 4.91. The number of ketones is 1. The first kappa shape index (κ1) is 10.8. The molecule has 2 unspecified atom stereocenters. The molecule has 2 aliphatic heterocycles. The monoisotopic (exact) mass is 232 g/mol. The minimum Gasteiger partial charge on any atom is -0.493 e. The first-order chi connectivity index (χ1) is 8.22. The fourth-order valence-corrected chi connectivity index (χ4v) is 2.83. The summed E-state index contributed by atoms with van der Waals surface area (Å²) in [5.74, 6) is 1.36. The van der Waals surface area contributed by atoms with Crippen LogP contribution in [0.2, 0.25) is 0 Å². The maximum Gasteiger partial charge on any atom is 0.138 e. The summed E-state index contributed by atoms with van der Waals surface area (Å²) in [5.41, 5.74) is 0.580. The topological polar surface area (TPSA) is 35.5 Å². The van der Waals surface area contributed by atoms with Gasteiger partial charge in [0.25, 0.3) is 0 Å². The van der Waals surface area contributed by atoms with Crippen LogP contribution in [0, 0.1) is 5.92 Å². The summed E-state index contributed by atoms with van der Waals surface area (Å²) >= 11 is 0. The van der Waals surface area contributed by atoms with Gasteiger partial charge in [-0.3, -0.25) is 4.79 Å². The minimum absolute atomic E-state index is 0.210. The molecule has 2 heterocycles. The Bertz CT molecular complexity index is 455.